The molecule has 0 aliphatic carbocycles. The van der Waals surface area contributed by atoms with Crippen molar-refractivity contribution in [1.82, 2.24) is 4.90 Å². The molecule has 0 saturated heterocycles. The maximum atomic E-state index is 12.0. The zero-order valence-electron chi connectivity index (χ0n) is 9.79. The van der Waals surface area contributed by atoms with Crippen LogP contribution in [-0.2, 0) is 0 Å². The standard InChI is InChI=1S/C12H18N2O/c1-5-14(4)12(15)10-7-6-9(2)8-11(10)13-3/h6-8,13H,5H2,1-4H3. The van der Waals surface area contributed by atoms with E-state index in [1.165, 1.54) is 0 Å². The Morgan fingerprint density at radius 2 is 2.13 bits per heavy atom. The number of nitrogens with zero attached hydrogens (tertiary/aromatic N) is 1. The van der Waals surface area contributed by atoms with Crippen LogP contribution in [0.3, 0.4) is 0 Å². The van der Waals surface area contributed by atoms with Crippen LogP contribution < -0.4 is 5.32 Å². The number of benzene rings is 1. The average Bonchev–Trinajstić information content (AvgIpc) is 2.26. The molecule has 0 atom stereocenters. The zero-order valence-corrected chi connectivity index (χ0v) is 9.79. The summed E-state index contributed by atoms with van der Waals surface area (Å²) in [5.74, 6) is 0.0573. The molecule has 1 aromatic rings. The summed E-state index contributed by atoms with van der Waals surface area (Å²) in [6.07, 6.45) is 0. The molecule has 0 saturated carbocycles. The van der Waals surface area contributed by atoms with Gasteiger partial charge in [0.15, 0.2) is 0 Å². The van der Waals surface area contributed by atoms with Crippen molar-refractivity contribution in [2.45, 2.75) is 13.8 Å². The maximum absolute atomic E-state index is 12.0. The van der Waals surface area contributed by atoms with Gasteiger partial charge in [-0.25, -0.2) is 0 Å². The minimum atomic E-state index is 0.0573. The predicted octanol–water partition coefficient (Wildman–Crippen LogP) is 2.13. The van der Waals surface area contributed by atoms with Gasteiger partial charge in [-0.15, -0.1) is 0 Å². The van der Waals surface area contributed by atoms with E-state index in [2.05, 4.69) is 5.32 Å². The first-order chi connectivity index (χ1) is 7.10. The van der Waals surface area contributed by atoms with Gasteiger partial charge in [0.25, 0.3) is 5.91 Å². The topological polar surface area (TPSA) is 32.3 Å². The summed E-state index contributed by atoms with van der Waals surface area (Å²) in [5.41, 5.74) is 2.77. The van der Waals surface area contributed by atoms with Crippen molar-refractivity contribution < 1.29 is 4.79 Å². The molecule has 82 valence electrons. The van der Waals surface area contributed by atoms with Crippen LogP contribution in [0.4, 0.5) is 5.69 Å². The number of rotatable bonds is 3. The van der Waals surface area contributed by atoms with Crippen molar-refractivity contribution in [1.29, 1.82) is 0 Å². The van der Waals surface area contributed by atoms with E-state index < -0.39 is 0 Å². The van der Waals surface area contributed by atoms with E-state index in [9.17, 15) is 4.79 Å². The lowest BCUT2D eigenvalue weighted by atomic mass is 10.1. The molecule has 1 rings (SSSR count). The second-order valence-corrected chi connectivity index (χ2v) is 3.62. The normalized spacial score (nSPS) is 9.87. The Kier molecular flexibility index (Phi) is 3.72. The van der Waals surface area contributed by atoms with Crippen molar-refractivity contribution >= 4 is 11.6 Å². The lowest BCUT2D eigenvalue weighted by Gasteiger charge is -2.17. The van der Waals surface area contributed by atoms with E-state index in [0.29, 0.717) is 0 Å². The highest BCUT2D eigenvalue weighted by Gasteiger charge is 2.13. The van der Waals surface area contributed by atoms with Crippen molar-refractivity contribution in [2.24, 2.45) is 0 Å². The lowest BCUT2D eigenvalue weighted by molar-refractivity contribution is 0.0803. The molecule has 1 amide bonds. The molecular formula is C12H18N2O. The van der Waals surface area contributed by atoms with E-state index in [0.717, 1.165) is 23.4 Å². The van der Waals surface area contributed by atoms with Gasteiger partial charge in [-0.3, -0.25) is 4.79 Å². The van der Waals surface area contributed by atoms with Crippen molar-refractivity contribution in [3.05, 3.63) is 29.3 Å². The maximum Gasteiger partial charge on any atom is 0.255 e. The van der Waals surface area contributed by atoms with Gasteiger partial charge in [-0.05, 0) is 31.5 Å². The summed E-state index contributed by atoms with van der Waals surface area (Å²) in [6.45, 7) is 4.69. The van der Waals surface area contributed by atoms with Gasteiger partial charge in [-0.2, -0.15) is 0 Å². The van der Waals surface area contributed by atoms with Crippen molar-refractivity contribution in [2.75, 3.05) is 26.0 Å². The lowest BCUT2D eigenvalue weighted by Crippen LogP contribution is -2.26. The van der Waals surface area contributed by atoms with Gasteiger partial charge in [0.2, 0.25) is 0 Å². The molecule has 15 heavy (non-hydrogen) atoms. The zero-order chi connectivity index (χ0) is 11.4. The Labute approximate surface area is 91.1 Å². The Morgan fingerprint density at radius 3 is 2.67 bits per heavy atom. The van der Waals surface area contributed by atoms with Gasteiger partial charge in [0, 0.05) is 26.3 Å². The summed E-state index contributed by atoms with van der Waals surface area (Å²) in [4.78, 5) is 13.7. The molecule has 0 aromatic heterocycles. The second kappa shape index (κ2) is 4.82. The third kappa shape index (κ3) is 2.49. The van der Waals surface area contributed by atoms with E-state index >= 15 is 0 Å². The van der Waals surface area contributed by atoms with Crippen LogP contribution in [0.1, 0.15) is 22.8 Å². The molecule has 0 unspecified atom stereocenters. The first-order valence-corrected chi connectivity index (χ1v) is 5.14. The Hall–Kier alpha value is -1.51. The van der Waals surface area contributed by atoms with Crippen LogP contribution in [0.25, 0.3) is 0 Å². The van der Waals surface area contributed by atoms with Gasteiger partial charge in [-0.1, -0.05) is 6.07 Å². The van der Waals surface area contributed by atoms with Gasteiger partial charge in [0.1, 0.15) is 0 Å². The molecule has 3 nitrogen and oxygen atoms in total. The van der Waals surface area contributed by atoms with Crippen LogP contribution in [-0.4, -0.2) is 31.4 Å². The largest absolute Gasteiger partial charge is 0.387 e. The van der Waals surface area contributed by atoms with E-state index in [-0.39, 0.29) is 5.91 Å². The van der Waals surface area contributed by atoms with E-state index in [1.807, 2.05) is 46.1 Å². The number of carbonyl (C=O) groups is 1. The molecule has 0 radical (unpaired) electrons. The first kappa shape index (κ1) is 11.6. The third-order valence-electron chi connectivity index (χ3n) is 2.50. The van der Waals surface area contributed by atoms with Crippen molar-refractivity contribution in [3.63, 3.8) is 0 Å². The van der Waals surface area contributed by atoms with Crippen LogP contribution in [0.15, 0.2) is 18.2 Å². The molecule has 0 spiro atoms. The molecule has 0 fully saturated rings. The molecule has 0 aliphatic heterocycles. The fourth-order valence-electron chi connectivity index (χ4n) is 1.40. The van der Waals surface area contributed by atoms with E-state index in [4.69, 9.17) is 0 Å². The van der Waals surface area contributed by atoms with Crippen LogP contribution in [0, 0.1) is 6.92 Å². The first-order valence-electron chi connectivity index (χ1n) is 5.14. The average molecular weight is 206 g/mol. The second-order valence-electron chi connectivity index (χ2n) is 3.62. The third-order valence-corrected chi connectivity index (χ3v) is 2.50. The minimum absolute atomic E-state index is 0.0573. The molecule has 1 N–H and O–H groups in total. The highest BCUT2D eigenvalue weighted by Crippen LogP contribution is 2.18. The molecular weight excluding hydrogens is 188 g/mol. The number of hydrogen-bond acceptors (Lipinski definition) is 2. The summed E-state index contributed by atoms with van der Waals surface area (Å²) in [5, 5.41) is 3.05. The number of anilines is 1. The van der Waals surface area contributed by atoms with Crippen molar-refractivity contribution in [3.8, 4) is 0 Å². The number of amides is 1. The summed E-state index contributed by atoms with van der Waals surface area (Å²) < 4.78 is 0. The minimum Gasteiger partial charge on any atom is -0.387 e. The quantitative estimate of drug-likeness (QED) is 0.821. The fraction of sp³-hybridized carbons (Fsp3) is 0.417. The van der Waals surface area contributed by atoms with Crippen LogP contribution in [0.2, 0.25) is 0 Å². The number of carbonyl (C=O) groups excluding carboxylic acids is 1. The van der Waals surface area contributed by atoms with E-state index in [1.54, 1.807) is 4.90 Å². The molecule has 0 heterocycles. The smallest absolute Gasteiger partial charge is 0.255 e. The molecule has 1 aromatic carbocycles. The fourth-order valence-corrected chi connectivity index (χ4v) is 1.40. The summed E-state index contributed by atoms with van der Waals surface area (Å²) >= 11 is 0. The summed E-state index contributed by atoms with van der Waals surface area (Å²) in [7, 11) is 3.64. The summed E-state index contributed by atoms with van der Waals surface area (Å²) in [6, 6.07) is 5.81. The van der Waals surface area contributed by atoms with Gasteiger partial charge >= 0.3 is 0 Å². The number of nitrogens with one attached hydrogen (secondary N) is 1. The highest BCUT2D eigenvalue weighted by molar-refractivity contribution is 5.99. The van der Waals surface area contributed by atoms with Gasteiger partial charge in [0.05, 0.1) is 5.56 Å². The monoisotopic (exact) mass is 206 g/mol. The Morgan fingerprint density at radius 1 is 1.47 bits per heavy atom. The van der Waals surface area contributed by atoms with Gasteiger partial charge < -0.3 is 10.2 Å². The number of aryl methyl sites for hydroxylation is 1. The SMILES string of the molecule is CCN(C)C(=O)c1ccc(C)cc1NC. The highest BCUT2D eigenvalue weighted by atomic mass is 16.2. The Bertz CT molecular complexity index is 361. The van der Waals surface area contributed by atoms with Crippen LogP contribution >= 0.6 is 0 Å². The number of hydrogen-bond donors (Lipinski definition) is 1. The van der Waals surface area contributed by atoms with Crippen LogP contribution in [0.5, 0.6) is 0 Å². The Balaban J connectivity index is 3.08. The molecule has 0 aliphatic rings. The molecule has 3 heteroatoms. The predicted molar refractivity (Wildman–Crippen MR) is 63.4 cm³/mol. The molecule has 0 bridgehead atoms.